The molecule has 0 atom stereocenters. The third-order valence-corrected chi connectivity index (χ3v) is 7.27. The van der Waals surface area contributed by atoms with E-state index in [1.807, 2.05) is 12.1 Å². The normalized spacial score (nSPS) is 11.6. The third kappa shape index (κ3) is 3.14. The lowest BCUT2D eigenvalue weighted by molar-refractivity contribution is 1.10. The van der Waals surface area contributed by atoms with E-state index in [1.54, 1.807) is 0 Å². The summed E-state index contributed by atoms with van der Waals surface area (Å²) in [7, 11) is 0. The molecule has 0 radical (unpaired) electrons. The first kappa shape index (κ1) is 20.2. The number of rotatable bonds is 3. The molecule has 0 fully saturated rings. The standard InChI is InChI=1S/C31H20BrN3/c32-25-12-8-16-29-30(25)24-11-4-6-14-27(24)34(29)23-19-17-21(18-20-23)31-33-26-13-5-7-15-28(26)35(31)22-9-2-1-3-10-22/h1-20H. The zero-order valence-corrected chi connectivity index (χ0v) is 20.4. The van der Waals surface area contributed by atoms with Gasteiger partial charge in [-0.1, -0.05) is 70.5 Å². The first-order valence-electron chi connectivity index (χ1n) is 11.6. The number of aromatic nitrogens is 3. The molecule has 0 spiro atoms. The van der Waals surface area contributed by atoms with Crippen molar-refractivity contribution in [1.29, 1.82) is 0 Å². The fraction of sp³-hybridized carbons (Fsp3) is 0. The van der Waals surface area contributed by atoms with Crippen LogP contribution in [0.1, 0.15) is 0 Å². The van der Waals surface area contributed by atoms with Crippen LogP contribution in [0.4, 0.5) is 0 Å². The van der Waals surface area contributed by atoms with Gasteiger partial charge in [-0.25, -0.2) is 4.98 Å². The highest BCUT2D eigenvalue weighted by molar-refractivity contribution is 9.10. The summed E-state index contributed by atoms with van der Waals surface area (Å²) in [6.45, 7) is 0. The quantitative estimate of drug-likeness (QED) is 0.232. The minimum Gasteiger partial charge on any atom is -0.309 e. The van der Waals surface area contributed by atoms with E-state index in [2.05, 4.69) is 134 Å². The summed E-state index contributed by atoms with van der Waals surface area (Å²) in [5.41, 5.74) is 7.78. The predicted octanol–water partition coefficient (Wildman–Crippen LogP) is 8.55. The molecule has 0 bridgehead atoms. The number of hydrogen-bond acceptors (Lipinski definition) is 1. The van der Waals surface area contributed by atoms with E-state index >= 15 is 0 Å². The van der Waals surface area contributed by atoms with Crippen molar-refractivity contribution in [2.24, 2.45) is 0 Å². The first-order chi connectivity index (χ1) is 17.3. The minimum absolute atomic E-state index is 0.939. The number of halogens is 1. The van der Waals surface area contributed by atoms with E-state index < -0.39 is 0 Å². The van der Waals surface area contributed by atoms with E-state index in [0.717, 1.165) is 38.3 Å². The Bertz CT molecular complexity index is 1840. The maximum atomic E-state index is 5.01. The summed E-state index contributed by atoms with van der Waals surface area (Å²) in [4.78, 5) is 5.01. The molecule has 0 saturated heterocycles. The molecule has 35 heavy (non-hydrogen) atoms. The number of fused-ring (bicyclic) bond motifs is 4. The first-order valence-corrected chi connectivity index (χ1v) is 12.4. The Morgan fingerprint density at radius 1 is 0.514 bits per heavy atom. The van der Waals surface area contributed by atoms with Crippen molar-refractivity contribution in [2.75, 3.05) is 0 Å². The van der Waals surface area contributed by atoms with Gasteiger partial charge in [0.1, 0.15) is 5.82 Å². The molecule has 0 N–H and O–H groups in total. The van der Waals surface area contributed by atoms with Gasteiger partial charge in [0.2, 0.25) is 0 Å². The second-order valence-electron chi connectivity index (χ2n) is 8.63. The van der Waals surface area contributed by atoms with Gasteiger partial charge in [0, 0.05) is 32.2 Å². The van der Waals surface area contributed by atoms with Crippen LogP contribution in [0.2, 0.25) is 0 Å². The summed E-state index contributed by atoms with van der Waals surface area (Å²) in [6.07, 6.45) is 0. The second kappa shape index (κ2) is 7.97. The molecule has 2 aromatic heterocycles. The lowest BCUT2D eigenvalue weighted by Crippen LogP contribution is -1.98. The molecule has 2 heterocycles. The summed E-state index contributed by atoms with van der Waals surface area (Å²) >= 11 is 3.77. The van der Waals surface area contributed by atoms with E-state index in [0.29, 0.717) is 0 Å². The van der Waals surface area contributed by atoms with Crippen LogP contribution in [0.15, 0.2) is 126 Å². The fourth-order valence-corrected chi connectivity index (χ4v) is 5.64. The van der Waals surface area contributed by atoms with Gasteiger partial charge in [-0.15, -0.1) is 0 Å². The Labute approximate surface area is 211 Å². The smallest absolute Gasteiger partial charge is 0.145 e. The Morgan fingerprint density at radius 3 is 2.00 bits per heavy atom. The zero-order valence-electron chi connectivity index (χ0n) is 18.8. The SMILES string of the molecule is Brc1cccc2c1c1ccccc1n2-c1ccc(-c2nc3ccccc3n2-c2ccccc2)cc1. The highest BCUT2D eigenvalue weighted by atomic mass is 79.9. The Morgan fingerprint density at radius 2 is 1.17 bits per heavy atom. The maximum Gasteiger partial charge on any atom is 0.145 e. The number of benzene rings is 5. The van der Waals surface area contributed by atoms with E-state index in [9.17, 15) is 0 Å². The largest absolute Gasteiger partial charge is 0.309 e. The monoisotopic (exact) mass is 513 g/mol. The zero-order chi connectivity index (χ0) is 23.4. The van der Waals surface area contributed by atoms with E-state index in [1.165, 1.54) is 21.8 Å². The van der Waals surface area contributed by atoms with Gasteiger partial charge in [0.05, 0.1) is 22.1 Å². The van der Waals surface area contributed by atoms with E-state index in [-0.39, 0.29) is 0 Å². The average Bonchev–Trinajstić information content (AvgIpc) is 3.46. The van der Waals surface area contributed by atoms with Crippen LogP contribution < -0.4 is 0 Å². The van der Waals surface area contributed by atoms with Crippen LogP contribution in [0, 0.1) is 0 Å². The van der Waals surface area contributed by atoms with Crippen LogP contribution in [0.5, 0.6) is 0 Å². The number of imidazole rings is 1. The van der Waals surface area contributed by atoms with Crippen molar-refractivity contribution in [3.8, 4) is 22.8 Å². The molecule has 166 valence electrons. The van der Waals surface area contributed by atoms with Gasteiger partial charge in [-0.05, 0) is 66.7 Å². The molecule has 3 nitrogen and oxygen atoms in total. The Balaban J connectivity index is 1.43. The molecule has 4 heteroatoms. The third-order valence-electron chi connectivity index (χ3n) is 6.61. The molecule has 0 saturated carbocycles. The molecule has 0 amide bonds. The van der Waals surface area contributed by atoms with Crippen molar-refractivity contribution in [1.82, 2.24) is 14.1 Å². The van der Waals surface area contributed by atoms with Crippen LogP contribution in [0.3, 0.4) is 0 Å². The molecule has 0 unspecified atom stereocenters. The van der Waals surface area contributed by atoms with Gasteiger partial charge >= 0.3 is 0 Å². The molecule has 7 aromatic rings. The summed E-state index contributed by atoms with van der Waals surface area (Å²) in [6, 6.07) is 42.4. The highest BCUT2D eigenvalue weighted by Gasteiger charge is 2.16. The topological polar surface area (TPSA) is 22.8 Å². The molecule has 0 aliphatic rings. The van der Waals surface area contributed by atoms with Crippen molar-refractivity contribution in [3.63, 3.8) is 0 Å². The summed E-state index contributed by atoms with van der Waals surface area (Å²) in [5, 5.41) is 2.47. The molecule has 0 aliphatic heterocycles. The maximum absolute atomic E-state index is 5.01. The molecule has 5 aromatic carbocycles. The average molecular weight is 514 g/mol. The molecular weight excluding hydrogens is 494 g/mol. The van der Waals surface area contributed by atoms with Crippen molar-refractivity contribution >= 4 is 48.8 Å². The Kier molecular flexibility index (Phi) is 4.61. The minimum atomic E-state index is 0.939. The van der Waals surface area contributed by atoms with Crippen LogP contribution in [-0.4, -0.2) is 14.1 Å². The van der Waals surface area contributed by atoms with Gasteiger partial charge in [-0.3, -0.25) is 4.57 Å². The van der Waals surface area contributed by atoms with Crippen LogP contribution in [0.25, 0.3) is 55.6 Å². The Hall–Kier alpha value is -4.15. The number of para-hydroxylation sites is 4. The highest BCUT2D eigenvalue weighted by Crippen LogP contribution is 2.37. The summed E-state index contributed by atoms with van der Waals surface area (Å²) < 4.78 is 5.68. The van der Waals surface area contributed by atoms with Crippen molar-refractivity contribution in [2.45, 2.75) is 0 Å². The van der Waals surface area contributed by atoms with E-state index in [4.69, 9.17) is 4.98 Å². The molecule has 0 aliphatic carbocycles. The number of nitrogens with zero attached hydrogens (tertiary/aromatic N) is 3. The van der Waals surface area contributed by atoms with Gasteiger partial charge < -0.3 is 4.57 Å². The summed E-state index contributed by atoms with van der Waals surface area (Å²) in [5.74, 6) is 0.939. The lowest BCUT2D eigenvalue weighted by Gasteiger charge is -2.11. The van der Waals surface area contributed by atoms with Gasteiger partial charge in [-0.2, -0.15) is 0 Å². The predicted molar refractivity (Wildman–Crippen MR) is 149 cm³/mol. The molecular formula is C31H20BrN3. The van der Waals surface area contributed by atoms with Crippen LogP contribution >= 0.6 is 15.9 Å². The van der Waals surface area contributed by atoms with Crippen LogP contribution in [-0.2, 0) is 0 Å². The fourth-order valence-electron chi connectivity index (χ4n) is 5.07. The lowest BCUT2D eigenvalue weighted by atomic mass is 10.1. The van der Waals surface area contributed by atoms with Gasteiger partial charge in [0.25, 0.3) is 0 Å². The second-order valence-corrected chi connectivity index (χ2v) is 9.48. The van der Waals surface area contributed by atoms with Crippen molar-refractivity contribution in [3.05, 3.63) is 126 Å². The molecule has 7 rings (SSSR count). The van der Waals surface area contributed by atoms with Crippen molar-refractivity contribution < 1.29 is 0 Å². The number of hydrogen-bond donors (Lipinski definition) is 0. The van der Waals surface area contributed by atoms with Gasteiger partial charge in [0.15, 0.2) is 0 Å².